The summed E-state index contributed by atoms with van der Waals surface area (Å²) in [5, 5.41) is 3.47. The van der Waals surface area contributed by atoms with E-state index >= 15 is 0 Å². The van der Waals surface area contributed by atoms with Gasteiger partial charge in [-0.15, -0.1) is 0 Å². The van der Waals surface area contributed by atoms with Gasteiger partial charge in [-0.05, 0) is 44.6 Å². The second kappa shape index (κ2) is 6.46. The molecule has 1 amide bonds. The van der Waals surface area contributed by atoms with Crippen molar-refractivity contribution in [2.45, 2.75) is 77.2 Å². The lowest BCUT2D eigenvalue weighted by Crippen LogP contribution is -2.49. The fourth-order valence-electron chi connectivity index (χ4n) is 4.12. The highest BCUT2D eigenvalue weighted by Crippen LogP contribution is 2.38. The highest BCUT2D eigenvalue weighted by atomic mass is 16.2. The molecule has 116 valence electrons. The Morgan fingerprint density at radius 1 is 1.10 bits per heavy atom. The number of nitrogens with one attached hydrogen (secondary N) is 1. The first-order chi connectivity index (χ1) is 9.59. The zero-order valence-electron chi connectivity index (χ0n) is 13.6. The van der Waals surface area contributed by atoms with Crippen molar-refractivity contribution in [2.75, 3.05) is 20.1 Å². The van der Waals surface area contributed by atoms with Crippen LogP contribution in [0.15, 0.2) is 0 Å². The Labute approximate surface area is 124 Å². The van der Waals surface area contributed by atoms with Crippen LogP contribution in [0, 0.1) is 5.41 Å². The molecule has 2 aliphatic rings. The highest BCUT2D eigenvalue weighted by molar-refractivity contribution is 5.78. The van der Waals surface area contributed by atoms with Gasteiger partial charge in [0.25, 0.3) is 0 Å². The third-order valence-corrected chi connectivity index (χ3v) is 6.12. The first-order valence-corrected chi connectivity index (χ1v) is 8.55. The fraction of sp³-hybridized carbons (Fsp3) is 0.941. The van der Waals surface area contributed by atoms with E-state index in [4.69, 9.17) is 0 Å². The molecule has 0 aromatic rings. The largest absolute Gasteiger partial charge is 0.342 e. The van der Waals surface area contributed by atoms with Gasteiger partial charge in [0, 0.05) is 25.0 Å². The van der Waals surface area contributed by atoms with Crippen molar-refractivity contribution in [3.8, 4) is 0 Å². The number of amides is 1. The maximum absolute atomic E-state index is 12.7. The third-order valence-electron chi connectivity index (χ3n) is 6.12. The normalized spacial score (nSPS) is 24.9. The first kappa shape index (κ1) is 15.8. The van der Waals surface area contributed by atoms with E-state index in [1.165, 1.54) is 38.5 Å². The Bertz CT molecular complexity index is 330. The Balaban J connectivity index is 1.95. The lowest BCUT2D eigenvalue weighted by molar-refractivity contribution is -0.132. The Morgan fingerprint density at radius 3 is 2.25 bits per heavy atom. The molecule has 1 heterocycles. The quantitative estimate of drug-likeness (QED) is 0.837. The van der Waals surface area contributed by atoms with Gasteiger partial charge in [0.15, 0.2) is 0 Å². The molecule has 20 heavy (non-hydrogen) atoms. The van der Waals surface area contributed by atoms with Crippen LogP contribution in [0.1, 0.15) is 71.6 Å². The van der Waals surface area contributed by atoms with E-state index in [-0.39, 0.29) is 5.54 Å². The number of likely N-dealkylation sites (tertiary alicyclic amines) is 1. The van der Waals surface area contributed by atoms with Crippen LogP contribution in [0.3, 0.4) is 0 Å². The predicted octanol–water partition coefficient (Wildman–Crippen LogP) is 3.34. The Morgan fingerprint density at radius 2 is 1.75 bits per heavy atom. The van der Waals surface area contributed by atoms with E-state index in [1.807, 2.05) is 7.05 Å². The van der Waals surface area contributed by atoms with Gasteiger partial charge in [-0.2, -0.15) is 0 Å². The molecule has 0 unspecified atom stereocenters. The zero-order valence-corrected chi connectivity index (χ0v) is 13.6. The minimum atomic E-state index is 0.0824. The van der Waals surface area contributed by atoms with E-state index in [0.29, 0.717) is 17.7 Å². The van der Waals surface area contributed by atoms with Crippen molar-refractivity contribution in [3.05, 3.63) is 0 Å². The predicted molar refractivity (Wildman–Crippen MR) is 83.7 cm³/mol. The number of hydrogen-bond acceptors (Lipinski definition) is 2. The third kappa shape index (κ3) is 3.19. The molecule has 0 spiro atoms. The molecule has 0 aromatic carbocycles. The molecular weight excluding hydrogens is 248 g/mol. The molecule has 3 nitrogen and oxygen atoms in total. The molecule has 3 heteroatoms. The zero-order chi connectivity index (χ0) is 14.6. The first-order valence-electron chi connectivity index (χ1n) is 8.55. The van der Waals surface area contributed by atoms with Crippen LogP contribution in [-0.4, -0.2) is 36.5 Å². The van der Waals surface area contributed by atoms with E-state index in [0.717, 1.165) is 25.9 Å². The molecule has 1 aliphatic carbocycles. The van der Waals surface area contributed by atoms with Crippen molar-refractivity contribution in [1.82, 2.24) is 10.2 Å². The van der Waals surface area contributed by atoms with Crippen LogP contribution in [0.4, 0.5) is 0 Å². The minimum absolute atomic E-state index is 0.0824. The molecule has 2 rings (SSSR count). The van der Waals surface area contributed by atoms with Crippen LogP contribution in [0.25, 0.3) is 0 Å². The highest BCUT2D eigenvalue weighted by Gasteiger charge is 2.40. The van der Waals surface area contributed by atoms with Crippen molar-refractivity contribution >= 4 is 5.91 Å². The van der Waals surface area contributed by atoms with Crippen LogP contribution < -0.4 is 5.32 Å². The van der Waals surface area contributed by atoms with E-state index in [2.05, 4.69) is 24.1 Å². The van der Waals surface area contributed by atoms with Crippen LogP contribution in [0.5, 0.6) is 0 Å². The summed E-state index contributed by atoms with van der Waals surface area (Å²) in [5.41, 5.74) is 0.480. The molecule has 0 aromatic heterocycles. The monoisotopic (exact) mass is 280 g/mol. The van der Waals surface area contributed by atoms with E-state index in [1.54, 1.807) is 0 Å². The number of hydrogen-bond donors (Lipinski definition) is 1. The number of nitrogens with zero attached hydrogens (tertiary/aromatic N) is 1. The van der Waals surface area contributed by atoms with Gasteiger partial charge in [-0.25, -0.2) is 0 Å². The van der Waals surface area contributed by atoms with Gasteiger partial charge >= 0.3 is 0 Å². The molecule has 1 saturated heterocycles. The second-order valence-corrected chi connectivity index (χ2v) is 7.04. The molecule has 1 aliphatic heterocycles. The molecule has 0 radical (unpaired) electrons. The lowest BCUT2D eigenvalue weighted by Gasteiger charge is -2.38. The van der Waals surface area contributed by atoms with Gasteiger partial charge in [-0.3, -0.25) is 4.79 Å². The topological polar surface area (TPSA) is 32.3 Å². The van der Waals surface area contributed by atoms with Crippen LogP contribution >= 0.6 is 0 Å². The summed E-state index contributed by atoms with van der Waals surface area (Å²) in [7, 11) is 2.03. The summed E-state index contributed by atoms with van der Waals surface area (Å²) in [6.07, 6.45) is 10.5. The maximum atomic E-state index is 12.7. The standard InChI is InChI=1S/C17H32N2O/c1-4-16(5-2)11-12-19(14-16)15(20)13-17(18-3)9-7-6-8-10-17/h18H,4-14H2,1-3H3. The molecule has 1 N–H and O–H groups in total. The van der Waals surface area contributed by atoms with E-state index < -0.39 is 0 Å². The SMILES string of the molecule is CCC1(CC)CCN(C(=O)CC2(NC)CCCCC2)C1. The molecule has 0 bridgehead atoms. The van der Waals surface area contributed by atoms with E-state index in [9.17, 15) is 4.79 Å². The van der Waals surface area contributed by atoms with Gasteiger partial charge in [-0.1, -0.05) is 33.1 Å². The van der Waals surface area contributed by atoms with Crippen molar-refractivity contribution in [3.63, 3.8) is 0 Å². The van der Waals surface area contributed by atoms with Crippen molar-refractivity contribution in [2.24, 2.45) is 5.41 Å². The van der Waals surface area contributed by atoms with Gasteiger partial charge < -0.3 is 10.2 Å². The van der Waals surface area contributed by atoms with Crippen LogP contribution in [0.2, 0.25) is 0 Å². The van der Waals surface area contributed by atoms with Gasteiger partial charge in [0.1, 0.15) is 0 Å². The summed E-state index contributed by atoms with van der Waals surface area (Å²) in [6.45, 7) is 6.50. The Hall–Kier alpha value is -0.570. The average molecular weight is 280 g/mol. The second-order valence-electron chi connectivity index (χ2n) is 7.04. The summed E-state index contributed by atoms with van der Waals surface area (Å²) < 4.78 is 0. The molecule has 2 fully saturated rings. The summed E-state index contributed by atoms with van der Waals surface area (Å²) >= 11 is 0. The lowest BCUT2D eigenvalue weighted by atomic mass is 9.79. The molecular formula is C17H32N2O. The molecule has 1 saturated carbocycles. The van der Waals surface area contributed by atoms with Gasteiger partial charge in [0.2, 0.25) is 5.91 Å². The summed E-state index contributed by atoms with van der Waals surface area (Å²) in [5.74, 6) is 0.380. The van der Waals surface area contributed by atoms with Crippen LogP contribution in [-0.2, 0) is 4.79 Å². The minimum Gasteiger partial charge on any atom is -0.342 e. The summed E-state index contributed by atoms with van der Waals surface area (Å²) in [4.78, 5) is 14.8. The number of rotatable bonds is 5. The van der Waals surface area contributed by atoms with Crippen molar-refractivity contribution < 1.29 is 4.79 Å². The van der Waals surface area contributed by atoms with Crippen molar-refractivity contribution in [1.29, 1.82) is 0 Å². The summed E-state index contributed by atoms with van der Waals surface area (Å²) in [6, 6.07) is 0. The Kier molecular flexibility index (Phi) is 5.11. The number of carbonyl (C=O) groups is 1. The number of carbonyl (C=O) groups excluding carboxylic acids is 1. The average Bonchev–Trinajstić information content (AvgIpc) is 2.93. The fourth-order valence-corrected chi connectivity index (χ4v) is 4.12. The smallest absolute Gasteiger partial charge is 0.224 e. The van der Waals surface area contributed by atoms with Gasteiger partial charge in [0.05, 0.1) is 0 Å². The maximum Gasteiger partial charge on any atom is 0.224 e. The molecule has 0 atom stereocenters.